The van der Waals surface area contributed by atoms with Crippen molar-refractivity contribution in [3.8, 4) is 16.9 Å². The van der Waals surface area contributed by atoms with Crippen LogP contribution in [0, 0.1) is 11.8 Å². The van der Waals surface area contributed by atoms with Crippen molar-refractivity contribution in [1.29, 1.82) is 0 Å². The molecule has 0 amide bonds. The molecule has 2 heterocycles. The monoisotopic (exact) mass is 483 g/mol. The molecule has 162 valence electrons. The third-order valence-electron chi connectivity index (χ3n) is 6.77. The van der Waals surface area contributed by atoms with Gasteiger partial charge in [0.15, 0.2) is 11.3 Å². The first-order valence-electron chi connectivity index (χ1n) is 10.8. The predicted octanol–water partition coefficient (Wildman–Crippen LogP) is 7.04. The van der Waals surface area contributed by atoms with Gasteiger partial charge in [0.2, 0.25) is 0 Å². The van der Waals surface area contributed by atoms with Crippen LogP contribution in [0.1, 0.15) is 25.7 Å². The second-order valence-electron chi connectivity index (χ2n) is 8.71. The molecule has 2 saturated carbocycles. The molecule has 0 radical (unpaired) electrons. The molecule has 0 spiro atoms. The lowest BCUT2D eigenvalue weighted by Crippen LogP contribution is -2.26. The third kappa shape index (κ3) is 3.43. The van der Waals surface area contributed by atoms with Crippen molar-refractivity contribution in [3.63, 3.8) is 0 Å². The van der Waals surface area contributed by atoms with E-state index in [4.69, 9.17) is 39.9 Å². The number of benzene rings is 2. The van der Waals surface area contributed by atoms with Gasteiger partial charge in [-0.1, -0.05) is 53.4 Å². The normalized spacial score (nSPS) is 22.0. The minimum Gasteiger partial charge on any atom is -0.365 e. The molecule has 4 aromatic rings. The minimum absolute atomic E-state index is 0.440. The van der Waals surface area contributed by atoms with Crippen LogP contribution in [-0.2, 0) is 0 Å². The summed E-state index contributed by atoms with van der Waals surface area (Å²) in [5.74, 6) is 2.32. The SMILES string of the molecule is Clc1ccc(-c2c3ncnc(NC4CC5CCC4C5)c3nn2-c2ccc(Cl)cc2Cl)cc1. The van der Waals surface area contributed by atoms with Gasteiger partial charge in [-0.05, 0) is 61.4 Å². The number of rotatable bonds is 4. The zero-order chi connectivity index (χ0) is 21.8. The predicted molar refractivity (Wildman–Crippen MR) is 130 cm³/mol. The molecule has 6 rings (SSSR count). The van der Waals surface area contributed by atoms with Gasteiger partial charge >= 0.3 is 0 Å². The van der Waals surface area contributed by atoms with Gasteiger partial charge < -0.3 is 5.32 Å². The molecule has 8 heteroatoms. The highest BCUT2D eigenvalue weighted by Crippen LogP contribution is 2.46. The van der Waals surface area contributed by atoms with Crippen LogP contribution in [0.2, 0.25) is 15.1 Å². The van der Waals surface area contributed by atoms with E-state index in [1.54, 1.807) is 18.5 Å². The maximum absolute atomic E-state index is 6.58. The van der Waals surface area contributed by atoms with Crippen LogP contribution in [0.15, 0.2) is 48.8 Å². The molecule has 2 aromatic heterocycles. The van der Waals surface area contributed by atoms with Crippen LogP contribution in [0.25, 0.3) is 28.0 Å². The van der Waals surface area contributed by atoms with E-state index >= 15 is 0 Å². The highest BCUT2D eigenvalue weighted by molar-refractivity contribution is 6.35. The molecule has 1 N–H and O–H groups in total. The van der Waals surface area contributed by atoms with Crippen molar-refractivity contribution in [3.05, 3.63) is 63.9 Å². The topological polar surface area (TPSA) is 55.6 Å². The summed E-state index contributed by atoms with van der Waals surface area (Å²) in [5.41, 5.74) is 3.99. The molecule has 2 aromatic carbocycles. The average Bonchev–Trinajstić information content (AvgIpc) is 3.49. The van der Waals surface area contributed by atoms with Gasteiger partial charge in [0.05, 0.1) is 10.7 Å². The Morgan fingerprint density at radius 2 is 1.69 bits per heavy atom. The number of hydrogen-bond acceptors (Lipinski definition) is 4. The van der Waals surface area contributed by atoms with E-state index in [9.17, 15) is 0 Å². The molecule has 2 bridgehead atoms. The lowest BCUT2D eigenvalue weighted by atomic mass is 9.95. The first kappa shape index (κ1) is 20.3. The van der Waals surface area contributed by atoms with Crippen molar-refractivity contribution in [1.82, 2.24) is 19.7 Å². The summed E-state index contributed by atoms with van der Waals surface area (Å²) in [4.78, 5) is 9.19. The molecule has 2 aliphatic carbocycles. The fraction of sp³-hybridized carbons (Fsp3) is 0.292. The summed E-state index contributed by atoms with van der Waals surface area (Å²) in [6, 6.07) is 13.5. The molecule has 2 fully saturated rings. The van der Waals surface area contributed by atoms with Gasteiger partial charge in [0, 0.05) is 21.7 Å². The van der Waals surface area contributed by atoms with Crippen molar-refractivity contribution < 1.29 is 0 Å². The number of halogens is 3. The summed E-state index contributed by atoms with van der Waals surface area (Å²) in [6.45, 7) is 0. The van der Waals surface area contributed by atoms with Crippen LogP contribution >= 0.6 is 34.8 Å². The fourth-order valence-electron chi connectivity index (χ4n) is 5.29. The molecular weight excluding hydrogens is 465 g/mol. The van der Waals surface area contributed by atoms with E-state index < -0.39 is 0 Å². The molecular formula is C24H20Cl3N5. The standard InChI is InChI=1S/C24H20Cl3N5/c25-16-5-3-14(4-6-16)23-21-22(31-32(23)20-8-7-17(26)11-18(20)27)24(29-12-28-21)30-19-10-13-1-2-15(19)9-13/h3-8,11-13,15,19H,1-2,9-10H2,(H,28,29,30). The summed E-state index contributed by atoms with van der Waals surface area (Å²) >= 11 is 18.9. The Morgan fingerprint density at radius 1 is 0.875 bits per heavy atom. The molecule has 5 nitrogen and oxygen atoms in total. The van der Waals surface area contributed by atoms with Gasteiger partial charge in [0.25, 0.3) is 0 Å². The van der Waals surface area contributed by atoms with Gasteiger partial charge in [-0.25, -0.2) is 14.6 Å². The highest BCUT2D eigenvalue weighted by atomic mass is 35.5. The molecule has 32 heavy (non-hydrogen) atoms. The van der Waals surface area contributed by atoms with Gasteiger partial charge in [-0.2, -0.15) is 5.10 Å². The van der Waals surface area contributed by atoms with Crippen LogP contribution in [0.3, 0.4) is 0 Å². The number of fused-ring (bicyclic) bond motifs is 3. The smallest absolute Gasteiger partial charge is 0.158 e. The van der Waals surface area contributed by atoms with E-state index in [1.165, 1.54) is 25.7 Å². The second-order valence-corrected chi connectivity index (χ2v) is 9.99. The summed E-state index contributed by atoms with van der Waals surface area (Å²) in [5, 5.41) is 10.4. The number of aromatic nitrogens is 4. The first-order chi connectivity index (χ1) is 15.6. The first-order valence-corrected chi connectivity index (χ1v) is 11.9. The Labute approximate surface area is 200 Å². The zero-order valence-electron chi connectivity index (χ0n) is 17.1. The Bertz CT molecular complexity index is 1320. The van der Waals surface area contributed by atoms with Gasteiger partial charge in [-0.15, -0.1) is 0 Å². The summed E-state index contributed by atoms with van der Waals surface area (Å²) in [7, 11) is 0. The lowest BCUT2D eigenvalue weighted by molar-refractivity contribution is 0.439. The minimum atomic E-state index is 0.440. The highest BCUT2D eigenvalue weighted by Gasteiger charge is 2.40. The van der Waals surface area contributed by atoms with Crippen molar-refractivity contribution in [2.24, 2.45) is 11.8 Å². The van der Waals surface area contributed by atoms with Crippen LogP contribution < -0.4 is 5.32 Å². The number of nitrogens with zero attached hydrogens (tertiary/aromatic N) is 4. The Balaban J connectivity index is 1.53. The maximum atomic E-state index is 6.58. The summed E-state index contributed by atoms with van der Waals surface area (Å²) < 4.78 is 1.83. The molecule has 3 atom stereocenters. The van der Waals surface area contributed by atoms with E-state index in [2.05, 4.69) is 15.3 Å². The van der Waals surface area contributed by atoms with E-state index in [-0.39, 0.29) is 0 Å². The van der Waals surface area contributed by atoms with E-state index in [0.29, 0.717) is 27.0 Å². The molecule has 3 unspecified atom stereocenters. The Morgan fingerprint density at radius 3 is 2.41 bits per heavy atom. The Hall–Kier alpha value is -2.34. The van der Waals surface area contributed by atoms with E-state index in [0.717, 1.165) is 39.7 Å². The Kier molecular flexibility index (Phi) is 5.01. The van der Waals surface area contributed by atoms with E-state index in [1.807, 2.05) is 35.0 Å². The fourth-order valence-corrected chi connectivity index (χ4v) is 5.91. The van der Waals surface area contributed by atoms with Crippen molar-refractivity contribution >= 4 is 51.7 Å². The molecule has 0 aliphatic heterocycles. The quantitative estimate of drug-likeness (QED) is 0.337. The maximum Gasteiger partial charge on any atom is 0.158 e. The van der Waals surface area contributed by atoms with Crippen LogP contribution in [0.5, 0.6) is 0 Å². The average molecular weight is 485 g/mol. The van der Waals surface area contributed by atoms with Gasteiger partial charge in [-0.3, -0.25) is 0 Å². The number of hydrogen-bond donors (Lipinski definition) is 1. The lowest BCUT2D eigenvalue weighted by Gasteiger charge is -2.23. The summed E-state index contributed by atoms with van der Waals surface area (Å²) in [6.07, 6.45) is 6.77. The third-order valence-corrected chi connectivity index (χ3v) is 7.56. The number of nitrogens with one attached hydrogen (secondary N) is 1. The zero-order valence-corrected chi connectivity index (χ0v) is 19.4. The molecule has 0 saturated heterocycles. The van der Waals surface area contributed by atoms with Crippen molar-refractivity contribution in [2.45, 2.75) is 31.7 Å². The van der Waals surface area contributed by atoms with Gasteiger partial charge in [0.1, 0.15) is 17.5 Å². The van der Waals surface area contributed by atoms with Crippen molar-refractivity contribution in [2.75, 3.05) is 5.32 Å². The van der Waals surface area contributed by atoms with Crippen LogP contribution in [-0.4, -0.2) is 25.8 Å². The van der Waals surface area contributed by atoms with Crippen LogP contribution in [0.4, 0.5) is 5.82 Å². The molecule has 2 aliphatic rings. The number of anilines is 1. The second kappa shape index (κ2) is 7.91. The largest absolute Gasteiger partial charge is 0.365 e.